The summed E-state index contributed by atoms with van der Waals surface area (Å²) in [7, 11) is 0. The Kier molecular flexibility index (Phi) is 3.86. The summed E-state index contributed by atoms with van der Waals surface area (Å²) in [5.74, 6) is 1.76. The molecule has 29 heavy (non-hydrogen) atoms. The predicted octanol–water partition coefficient (Wildman–Crippen LogP) is 6.02. The minimum atomic E-state index is -0.191. The summed E-state index contributed by atoms with van der Waals surface area (Å²) in [6.07, 6.45) is 1.26. The van der Waals surface area contributed by atoms with Crippen molar-refractivity contribution in [1.82, 2.24) is 0 Å². The number of aryl methyl sites for hydroxylation is 1. The van der Waals surface area contributed by atoms with E-state index < -0.39 is 0 Å². The number of phenolic OH excluding ortho intramolecular Hbond substituents is 1. The van der Waals surface area contributed by atoms with Crippen LogP contribution in [0.2, 0.25) is 0 Å². The molecule has 1 aliphatic heterocycles. The molecule has 1 N–H and O–H groups in total. The molecule has 0 aromatic heterocycles. The van der Waals surface area contributed by atoms with Gasteiger partial charge in [0.25, 0.3) is 0 Å². The van der Waals surface area contributed by atoms with E-state index in [2.05, 4.69) is 32.9 Å². The molecule has 1 atom stereocenters. The smallest absolute Gasteiger partial charge is 0.163 e. The first-order chi connectivity index (χ1) is 13.8. The maximum absolute atomic E-state index is 13.4. The van der Waals surface area contributed by atoms with E-state index >= 15 is 0 Å². The van der Waals surface area contributed by atoms with E-state index in [-0.39, 0.29) is 22.9 Å². The summed E-state index contributed by atoms with van der Waals surface area (Å²) in [6, 6.07) is 17.6. The highest BCUT2D eigenvalue weighted by molar-refractivity contribution is 6.02. The van der Waals surface area contributed by atoms with Crippen molar-refractivity contribution in [2.45, 2.75) is 39.5 Å². The van der Waals surface area contributed by atoms with Gasteiger partial charge in [0.05, 0.1) is 0 Å². The van der Waals surface area contributed by atoms with Crippen molar-refractivity contribution in [3.63, 3.8) is 0 Å². The van der Waals surface area contributed by atoms with Crippen molar-refractivity contribution in [1.29, 1.82) is 0 Å². The molecule has 0 bridgehead atoms. The van der Waals surface area contributed by atoms with Crippen LogP contribution in [-0.2, 0) is 4.79 Å². The number of Topliss-reactive ketones (excluding diaryl/α,β-unsaturated/α-hetero) is 1. The number of carbonyl (C=O) groups excluding carboxylic acids is 1. The Labute approximate surface area is 170 Å². The van der Waals surface area contributed by atoms with Gasteiger partial charge in [-0.05, 0) is 52.4 Å². The van der Waals surface area contributed by atoms with Crippen LogP contribution in [0.25, 0.3) is 10.8 Å². The van der Waals surface area contributed by atoms with Gasteiger partial charge in [-0.2, -0.15) is 0 Å². The molecule has 1 unspecified atom stereocenters. The maximum Gasteiger partial charge on any atom is 0.163 e. The summed E-state index contributed by atoms with van der Waals surface area (Å²) < 4.78 is 6.36. The topological polar surface area (TPSA) is 46.5 Å². The van der Waals surface area contributed by atoms with Gasteiger partial charge in [0.1, 0.15) is 17.3 Å². The van der Waals surface area contributed by atoms with Crippen molar-refractivity contribution in [2.75, 3.05) is 0 Å². The second-order valence-electron chi connectivity index (χ2n) is 9.05. The number of carbonyl (C=O) groups is 1. The Hall–Kier alpha value is -3.07. The van der Waals surface area contributed by atoms with E-state index in [1.165, 1.54) is 0 Å². The number of benzene rings is 3. The minimum Gasteiger partial charge on any atom is -0.508 e. The number of allylic oxidation sites excluding steroid dienone is 2. The number of phenols is 1. The summed E-state index contributed by atoms with van der Waals surface area (Å²) in [4.78, 5) is 13.4. The molecule has 0 spiro atoms. The van der Waals surface area contributed by atoms with Gasteiger partial charge >= 0.3 is 0 Å². The fraction of sp³-hybridized carbons (Fsp3) is 0.269. The molecular formula is C26H24O3. The van der Waals surface area contributed by atoms with Gasteiger partial charge in [-0.15, -0.1) is 0 Å². The molecule has 3 heteroatoms. The first-order valence-corrected chi connectivity index (χ1v) is 10.1. The largest absolute Gasteiger partial charge is 0.508 e. The molecular weight excluding hydrogens is 360 g/mol. The zero-order valence-electron chi connectivity index (χ0n) is 17.0. The fourth-order valence-corrected chi connectivity index (χ4v) is 4.89. The van der Waals surface area contributed by atoms with Crippen LogP contribution in [0, 0.1) is 12.3 Å². The van der Waals surface area contributed by atoms with E-state index in [9.17, 15) is 9.90 Å². The third kappa shape index (κ3) is 2.84. The molecule has 0 radical (unpaired) electrons. The Balaban J connectivity index is 1.85. The van der Waals surface area contributed by atoms with Crippen LogP contribution in [0.15, 0.2) is 65.9 Å². The molecule has 3 nitrogen and oxygen atoms in total. The highest BCUT2D eigenvalue weighted by Gasteiger charge is 2.42. The van der Waals surface area contributed by atoms with Gasteiger partial charge in [0.2, 0.25) is 0 Å². The molecule has 5 rings (SSSR count). The average molecular weight is 384 g/mol. The van der Waals surface area contributed by atoms with Crippen molar-refractivity contribution in [2.24, 2.45) is 5.41 Å². The van der Waals surface area contributed by atoms with Gasteiger partial charge in [-0.3, -0.25) is 4.79 Å². The number of ether oxygens (including phenoxy) is 1. The molecule has 3 aromatic carbocycles. The van der Waals surface area contributed by atoms with Gasteiger partial charge in [-0.1, -0.05) is 50.2 Å². The fourth-order valence-electron chi connectivity index (χ4n) is 4.89. The van der Waals surface area contributed by atoms with Crippen molar-refractivity contribution >= 4 is 16.6 Å². The van der Waals surface area contributed by atoms with Crippen LogP contribution in [-0.4, -0.2) is 10.9 Å². The number of aromatic hydroxyl groups is 1. The van der Waals surface area contributed by atoms with Gasteiger partial charge in [0, 0.05) is 29.9 Å². The van der Waals surface area contributed by atoms with Gasteiger partial charge in [0.15, 0.2) is 5.78 Å². The molecule has 0 saturated carbocycles. The van der Waals surface area contributed by atoms with Gasteiger partial charge in [-0.25, -0.2) is 0 Å². The maximum atomic E-state index is 13.4. The van der Waals surface area contributed by atoms with Crippen LogP contribution in [0.4, 0.5) is 0 Å². The SMILES string of the molecule is Cc1ccccc1C1C2=C(CC(C)(C)CC2=O)Oc2ccc3ccc(O)cc3c21. The molecule has 2 aliphatic rings. The van der Waals surface area contributed by atoms with Crippen molar-refractivity contribution < 1.29 is 14.6 Å². The quantitative estimate of drug-likeness (QED) is 0.558. The lowest BCUT2D eigenvalue weighted by Crippen LogP contribution is -2.33. The van der Waals surface area contributed by atoms with E-state index in [4.69, 9.17) is 4.74 Å². The number of fused-ring (bicyclic) bond motifs is 3. The molecule has 146 valence electrons. The van der Waals surface area contributed by atoms with Crippen LogP contribution in [0.1, 0.15) is 49.3 Å². The zero-order chi connectivity index (χ0) is 20.3. The number of rotatable bonds is 1. The lowest BCUT2D eigenvalue weighted by Gasteiger charge is -2.39. The zero-order valence-corrected chi connectivity index (χ0v) is 17.0. The Morgan fingerprint density at radius 3 is 2.59 bits per heavy atom. The Bertz CT molecular complexity index is 1200. The molecule has 1 heterocycles. The third-order valence-electron chi connectivity index (χ3n) is 6.20. The highest BCUT2D eigenvalue weighted by atomic mass is 16.5. The molecule has 0 fully saturated rings. The van der Waals surface area contributed by atoms with E-state index in [0.717, 1.165) is 51.0 Å². The molecule has 3 aromatic rings. The van der Waals surface area contributed by atoms with E-state index in [0.29, 0.717) is 6.42 Å². The Morgan fingerprint density at radius 1 is 1.03 bits per heavy atom. The van der Waals surface area contributed by atoms with Crippen molar-refractivity contribution in [3.8, 4) is 11.5 Å². The first-order valence-electron chi connectivity index (χ1n) is 10.1. The lowest BCUT2D eigenvalue weighted by molar-refractivity contribution is -0.118. The van der Waals surface area contributed by atoms with Gasteiger partial charge < -0.3 is 9.84 Å². The third-order valence-corrected chi connectivity index (χ3v) is 6.20. The predicted molar refractivity (Wildman–Crippen MR) is 114 cm³/mol. The standard InChI is InChI=1S/C26H24O3/c1-15-6-4-5-7-18(15)24-23-19-12-17(27)10-8-16(19)9-11-21(23)29-22-14-26(2,3)13-20(28)25(22)24/h4-12,24,27H,13-14H2,1-3H3. The van der Waals surface area contributed by atoms with Crippen molar-refractivity contribution in [3.05, 3.63) is 82.6 Å². The Morgan fingerprint density at radius 2 is 1.79 bits per heavy atom. The van der Waals surface area contributed by atoms with E-state index in [1.807, 2.05) is 30.3 Å². The second kappa shape index (κ2) is 6.21. The normalized spacial score (nSPS) is 20.2. The molecule has 0 saturated heterocycles. The van der Waals surface area contributed by atoms with Crippen LogP contribution in [0.3, 0.4) is 0 Å². The second-order valence-corrected chi connectivity index (χ2v) is 9.05. The summed E-state index contributed by atoms with van der Waals surface area (Å²) in [5, 5.41) is 12.1. The summed E-state index contributed by atoms with van der Waals surface area (Å²) in [6.45, 7) is 6.33. The van der Waals surface area contributed by atoms with E-state index in [1.54, 1.807) is 12.1 Å². The number of hydrogen-bond acceptors (Lipinski definition) is 3. The minimum absolute atomic E-state index is 0.112. The monoisotopic (exact) mass is 384 g/mol. The number of hydrogen-bond donors (Lipinski definition) is 1. The first kappa shape index (κ1) is 18.0. The van der Waals surface area contributed by atoms with Crippen LogP contribution >= 0.6 is 0 Å². The van der Waals surface area contributed by atoms with Crippen LogP contribution in [0.5, 0.6) is 11.5 Å². The molecule has 1 aliphatic carbocycles. The number of ketones is 1. The lowest BCUT2D eigenvalue weighted by atomic mass is 9.69. The summed E-state index contributed by atoms with van der Waals surface area (Å²) in [5.41, 5.74) is 3.90. The average Bonchev–Trinajstić information content (AvgIpc) is 2.65. The highest BCUT2D eigenvalue weighted by Crippen LogP contribution is 2.52. The van der Waals surface area contributed by atoms with Crippen LogP contribution < -0.4 is 4.74 Å². The molecule has 0 amide bonds. The summed E-state index contributed by atoms with van der Waals surface area (Å²) >= 11 is 0.